The lowest BCUT2D eigenvalue weighted by molar-refractivity contribution is -0.124. The van der Waals surface area contributed by atoms with E-state index in [1.165, 1.54) is 45.2 Å². The fraction of sp³-hybridized carbons (Fsp3) is 0.941. The van der Waals surface area contributed by atoms with E-state index in [1.807, 2.05) is 0 Å². The van der Waals surface area contributed by atoms with Crippen molar-refractivity contribution in [3.63, 3.8) is 0 Å². The highest BCUT2D eigenvalue weighted by molar-refractivity contribution is 5.85. The molecule has 1 heterocycles. The van der Waals surface area contributed by atoms with Gasteiger partial charge in [0.1, 0.15) is 0 Å². The van der Waals surface area contributed by atoms with Crippen LogP contribution in [0.25, 0.3) is 0 Å². The summed E-state index contributed by atoms with van der Waals surface area (Å²) in [4.78, 5) is 14.7. The second-order valence-electron chi connectivity index (χ2n) is 7.36. The molecule has 1 unspecified atom stereocenters. The van der Waals surface area contributed by atoms with Gasteiger partial charge in [-0.3, -0.25) is 4.79 Å². The van der Waals surface area contributed by atoms with Crippen molar-refractivity contribution in [3.8, 4) is 0 Å². The van der Waals surface area contributed by atoms with Gasteiger partial charge in [0.15, 0.2) is 0 Å². The summed E-state index contributed by atoms with van der Waals surface area (Å²) in [5.41, 5.74) is 6.05. The highest BCUT2D eigenvalue weighted by atomic mass is 35.5. The first-order valence-electron chi connectivity index (χ1n) is 8.83. The molecule has 1 aliphatic carbocycles. The summed E-state index contributed by atoms with van der Waals surface area (Å²) in [6, 6.07) is 0. The molecule has 0 bridgehead atoms. The number of carbonyl (C=O) groups is 1. The number of nitrogens with zero attached hydrogens (tertiary/aromatic N) is 1. The molecule has 0 aromatic carbocycles. The molecule has 1 atom stereocenters. The number of nitrogens with one attached hydrogen (secondary N) is 1. The predicted octanol–water partition coefficient (Wildman–Crippen LogP) is 2.98. The van der Waals surface area contributed by atoms with Gasteiger partial charge in [-0.25, -0.2) is 0 Å². The van der Waals surface area contributed by atoms with Crippen LogP contribution in [0.5, 0.6) is 0 Å². The first-order valence-corrected chi connectivity index (χ1v) is 8.83. The minimum absolute atomic E-state index is 0. The third kappa shape index (κ3) is 7.59. The maximum atomic E-state index is 12.2. The minimum atomic E-state index is 0. The average molecular weight is 368 g/mol. The van der Waals surface area contributed by atoms with Crippen LogP contribution >= 0.6 is 24.8 Å². The van der Waals surface area contributed by atoms with Gasteiger partial charge in [0.05, 0.1) is 0 Å². The Kier molecular flexibility index (Phi) is 11.5. The summed E-state index contributed by atoms with van der Waals surface area (Å²) >= 11 is 0. The van der Waals surface area contributed by atoms with E-state index in [-0.39, 0.29) is 36.1 Å². The van der Waals surface area contributed by atoms with Gasteiger partial charge in [-0.05, 0) is 56.7 Å². The monoisotopic (exact) mass is 367 g/mol. The number of hydrogen-bond donors (Lipinski definition) is 2. The lowest BCUT2D eigenvalue weighted by atomic mass is 9.71. The molecule has 1 aliphatic heterocycles. The molecule has 2 aliphatic rings. The first kappa shape index (κ1) is 23.0. The third-order valence-corrected chi connectivity index (χ3v) is 5.30. The summed E-state index contributed by atoms with van der Waals surface area (Å²) in [6.45, 7) is 7.27. The first-order chi connectivity index (χ1) is 10.1. The molecule has 23 heavy (non-hydrogen) atoms. The molecular weight excluding hydrogens is 333 g/mol. The van der Waals surface area contributed by atoms with Crippen LogP contribution in [0.15, 0.2) is 0 Å². The average Bonchev–Trinajstić information content (AvgIpc) is 2.99. The van der Waals surface area contributed by atoms with E-state index in [1.54, 1.807) is 0 Å². The Morgan fingerprint density at radius 1 is 1.13 bits per heavy atom. The van der Waals surface area contributed by atoms with Crippen molar-refractivity contribution < 1.29 is 4.79 Å². The highest BCUT2D eigenvalue weighted by Gasteiger charge is 2.32. The van der Waals surface area contributed by atoms with Crippen molar-refractivity contribution >= 4 is 30.7 Å². The van der Waals surface area contributed by atoms with E-state index in [9.17, 15) is 4.79 Å². The van der Waals surface area contributed by atoms with Crippen LogP contribution in [0.3, 0.4) is 0 Å². The Morgan fingerprint density at radius 3 is 2.30 bits per heavy atom. The lowest BCUT2D eigenvalue weighted by Crippen LogP contribution is -2.40. The lowest BCUT2D eigenvalue weighted by Gasteiger charge is -2.35. The Balaban J connectivity index is 0.00000242. The number of carbonyl (C=O) groups excluding carboxylic acids is 1. The molecular formula is C17H35Cl2N3O. The summed E-state index contributed by atoms with van der Waals surface area (Å²) < 4.78 is 0. The fourth-order valence-electron chi connectivity index (χ4n) is 3.92. The van der Waals surface area contributed by atoms with Crippen LogP contribution in [-0.4, -0.2) is 43.5 Å². The summed E-state index contributed by atoms with van der Waals surface area (Å²) in [7, 11) is 0. The Hall–Kier alpha value is -0.0300. The number of amides is 1. The smallest absolute Gasteiger partial charge is 0.220 e. The van der Waals surface area contributed by atoms with E-state index >= 15 is 0 Å². The maximum absolute atomic E-state index is 12.2. The molecule has 6 heteroatoms. The molecule has 4 nitrogen and oxygen atoms in total. The molecule has 1 saturated heterocycles. The van der Waals surface area contributed by atoms with E-state index in [2.05, 4.69) is 17.1 Å². The van der Waals surface area contributed by atoms with E-state index in [0.29, 0.717) is 18.9 Å². The number of halogens is 2. The van der Waals surface area contributed by atoms with E-state index in [4.69, 9.17) is 5.73 Å². The number of rotatable bonds is 7. The number of hydrogen-bond acceptors (Lipinski definition) is 3. The van der Waals surface area contributed by atoms with Crippen molar-refractivity contribution in [1.82, 2.24) is 10.2 Å². The van der Waals surface area contributed by atoms with Gasteiger partial charge in [0.2, 0.25) is 5.91 Å². The van der Waals surface area contributed by atoms with Gasteiger partial charge < -0.3 is 16.0 Å². The quantitative estimate of drug-likeness (QED) is 0.726. The summed E-state index contributed by atoms with van der Waals surface area (Å²) in [6.07, 6.45) is 9.30. The Labute approximate surface area is 154 Å². The van der Waals surface area contributed by atoms with Crippen molar-refractivity contribution in [2.24, 2.45) is 17.1 Å². The van der Waals surface area contributed by atoms with Crippen molar-refractivity contribution in [3.05, 3.63) is 0 Å². The van der Waals surface area contributed by atoms with Crippen LogP contribution in [0.1, 0.15) is 58.3 Å². The molecule has 0 radical (unpaired) electrons. The molecule has 0 aromatic heterocycles. The zero-order chi connectivity index (χ0) is 15.1. The van der Waals surface area contributed by atoms with Gasteiger partial charge in [0.25, 0.3) is 0 Å². The van der Waals surface area contributed by atoms with Crippen LogP contribution in [-0.2, 0) is 4.79 Å². The van der Waals surface area contributed by atoms with Crippen molar-refractivity contribution in [2.75, 3.05) is 32.7 Å². The third-order valence-electron chi connectivity index (χ3n) is 5.30. The molecule has 1 saturated carbocycles. The SMILES string of the molecule is CC(CNC(=O)CC1(CN)CCCCC1)CN1CCCC1.Cl.Cl. The molecule has 1 amide bonds. The zero-order valence-electron chi connectivity index (χ0n) is 14.5. The van der Waals surface area contributed by atoms with Gasteiger partial charge in [-0.15, -0.1) is 24.8 Å². The van der Waals surface area contributed by atoms with Gasteiger partial charge in [-0.2, -0.15) is 0 Å². The molecule has 138 valence electrons. The van der Waals surface area contributed by atoms with Gasteiger partial charge in [-0.1, -0.05) is 26.2 Å². The van der Waals surface area contributed by atoms with Crippen LogP contribution in [0.4, 0.5) is 0 Å². The summed E-state index contributed by atoms with van der Waals surface area (Å²) in [5, 5.41) is 3.14. The highest BCUT2D eigenvalue weighted by Crippen LogP contribution is 2.38. The second kappa shape index (κ2) is 11.5. The maximum Gasteiger partial charge on any atom is 0.220 e. The Morgan fingerprint density at radius 2 is 1.74 bits per heavy atom. The minimum Gasteiger partial charge on any atom is -0.356 e. The van der Waals surface area contributed by atoms with Crippen LogP contribution in [0.2, 0.25) is 0 Å². The Bertz CT molecular complexity index is 330. The van der Waals surface area contributed by atoms with E-state index in [0.717, 1.165) is 25.9 Å². The predicted molar refractivity (Wildman–Crippen MR) is 102 cm³/mol. The van der Waals surface area contributed by atoms with Gasteiger partial charge >= 0.3 is 0 Å². The van der Waals surface area contributed by atoms with Crippen LogP contribution < -0.4 is 11.1 Å². The topological polar surface area (TPSA) is 58.4 Å². The zero-order valence-corrected chi connectivity index (χ0v) is 16.2. The molecule has 3 N–H and O–H groups in total. The second-order valence-corrected chi connectivity index (χ2v) is 7.36. The fourth-order valence-corrected chi connectivity index (χ4v) is 3.92. The van der Waals surface area contributed by atoms with Crippen LogP contribution in [0, 0.1) is 11.3 Å². The molecule has 0 aromatic rings. The van der Waals surface area contributed by atoms with Crippen molar-refractivity contribution in [2.45, 2.75) is 58.3 Å². The van der Waals surface area contributed by atoms with E-state index < -0.39 is 0 Å². The largest absolute Gasteiger partial charge is 0.356 e. The molecule has 0 spiro atoms. The normalized spacial score (nSPS) is 21.8. The number of likely N-dealkylation sites (tertiary alicyclic amines) is 1. The summed E-state index contributed by atoms with van der Waals surface area (Å²) in [5.74, 6) is 0.739. The molecule has 2 fully saturated rings. The standard InChI is InChI=1S/C17H33N3O.2ClH/c1-15(13-20-9-5-6-10-20)12-19-16(21)11-17(14-18)7-3-2-4-8-17;;/h15H,2-14,18H2,1H3,(H,19,21);2*1H. The molecule has 2 rings (SSSR count). The number of nitrogens with two attached hydrogens (primary N) is 1. The van der Waals surface area contributed by atoms with Gasteiger partial charge in [0, 0.05) is 19.5 Å². The van der Waals surface area contributed by atoms with Crippen molar-refractivity contribution in [1.29, 1.82) is 0 Å².